The topological polar surface area (TPSA) is 15.7 Å². The van der Waals surface area contributed by atoms with Crippen LogP contribution >= 0.6 is 12.4 Å². The summed E-state index contributed by atoms with van der Waals surface area (Å²) in [4.78, 5) is 5.32. The van der Waals surface area contributed by atoms with Gasteiger partial charge in [0.05, 0.1) is 0 Å². The van der Waals surface area contributed by atoms with Gasteiger partial charge in [-0.25, -0.2) is 0 Å². The molecule has 0 unspecified atom stereocenters. The predicted octanol–water partition coefficient (Wildman–Crippen LogP) is 5.00. The number of allylic oxidation sites excluding steroid dienone is 2. The average Bonchev–Trinajstić information content (AvgIpc) is 3.49. The Morgan fingerprint density at radius 1 is 0.964 bits per heavy atom. The number of benzene rings is 1. The second kappa shape index (κ2) is 8.77. The first-order chi connectivity index (χ1) is 13.3. The van der Waals surface area contributed by atoms with Crippen LogP contribution in [0.3, 0.4) is 0 Å². The van der Waals surface area contributed by atoms with E-state index in [4.69, 9.17) is 4.74 Å². The molecule has 1 saturated carbocycles. The molecule has 154 valence electrons. The average molecular weight is 403 g/mol. The van der Waals surface area contributed by atoms with E-state index < -0.39 is 0 Å². The summed E-state index contributed by atoms with van der Waals surface area (Å²) in [5, 5.41) is 0. The third kappa shape index (κ3) is 4.42. The molecule has 2 saturated heterocycles. The van der Waals surface area contributed by atoms with Crippen LogP contribution in [-0.2, 0) is 4.74 Å². The number of nitrogens with zero attached hydrogens (tertiary/aromatic N) is 2. The van der Waals surface area contributed by atoms with Gasteiger partial charge in [0.2, 0.25) is 0 Å². The zero-order valence-electron chi connectivity index (χ0n) is 17.1. The Morgan fingerprint density at radius 3 is 2.39 bits per heavy atom. The van der Waals surface area contributed by atoms with Crippen molar-refractivity contribution in [1.29, 1.82) is 0 Å². The van der Waals surface area contributed by atoms with Gasteiger partial charge in [-0.3, -0.25) is 4.90 Å². The van der Waals surface area contributed by atoms with Gasteiger partial charge in [0, 0.05) is 57.2 Å². The van der Waals surface area contributed by atoms with Gasteiger partial charge >= 0.3 is 0 Å². The molecule has 0 atom stereocenters. The third-order valence-corrected chi connectivity index (χ3v) is 7.48. The first-order valence-electron chi connectivity index (χ1n) is 11.1. The summed E-state index contributed by atoms with van der Waals surface area (Å²) >= 11 is 0. The highest BCUT2D eigenvalue weighted by Crippen LogP contribution is 2.56. The Morgan fingerprint density at radius 2 is 1.71 bits per heavy atom. The van der Waals surface area contributed by atoms with Crippen LogP contribution in [0.4, 0.5) is 5.69 Å². The van der Waals surface area contributed by atoms with Gasteiger partial charge in [-0.05, 0) is 67.9 Å². The van der Waals surface area contributed by atoms with Crippen molar-refractivity contribution in [3.8, 4) is 0 Å². The largest absolute Gasteiger partial charge is 0.381 e. The van der Waals surface area contributed by atoms with Gasteiger partial charge in [0.15, 0.2) is 0 Å². The zero-order valence-corrected chi connectivity index (χ0v) is 17.9. The number of anilines is 1. The van der Waals surface area contributed by atoms with E-state index in [1.807, 2.05) is 0 Å². The van der Waals surface area contributed by atoms with Crippen LogP contribution in [0.1, 0.15) is 50.5 Å². The van der Waals surface area contributed by atoms with Crippen molar-refractivity contribution in [2.24, 2.45) is 11.3 Å². The molecule has 1 spiro atoms. The first kappa shape index (κ1) is 20.3. The van der Waals surface area contributed by atoms with E-state index in [0.717, 1.165) is 32.2 Å². The lowest BCUT2D eigenvalue weighted by Gasteiger charge is -2.39. The number of ether oxygens (including phenoxy) is 1. The van der Waals surface area contributed by atoms with E-state index in [0.29, 0.717) is 5.41 Å². The van der Waals surface area contributed by atoms with E-state index in [1.165, 1.54) is 75.8 Å². The van der Waals surface area contributed by atoms with E-state index in [9.17, 15) is 0 Å². The van der Waals surface area contributed by atoms with Crippen molar-refractivity contribution < 1.29 is 4.74 Å². The van der Waals surface area contributed by atoms with Crippen molar-refractivity contribution in [3.05, 3.63) is 35.9 Å². The van der Waals surface area contributed by atoms with Crippen molar-refractivity contribution in [1.82, 2.24) is 4.90 Å². The molecule has 0 bridgehead atoms. The molecule has 2 aliphatic carbocycles. The lowest BCUT2D eigenvalue weighted by atomic mass is 9.84. The van der Waals surface area contributed by atoms with Gasteiger partial charge in [-0.15, -0.1) is 12.4 Å². The summed E-state index contributed by atoms with van der Waals surface area (Å²) in [6, 6.07) is 9.16. The molecule has 1 aromatic carbocycles. The molecule has 0 amide bonds. The van der Waals surface area contributed by atoms with Gasteiger partial charge in [0.25, 0.3) is 0 Å². The molecule has 28 heavy (non-hydrogen) atoms. The molecule has 5 rings (SSSR count). The monoisotopic (exact) mass is 402 g/mol. The van der Waals surface area contributed by atoms with Gasteiger partial charge in [0.1, 0.15) is 0 Å². The fraction of sp³-hybridized carbons (Fsp3) is 0.667. The fourth-order valence-electron chi connectivity index (χ4n) is 5.31. The molecule has 3 nitrogen and oxygen atoms in total. The van der Waals surface area contributed by atoms with Crippen LogP contribution < -0.4 is 4.90 Å². The maximum atomic E-state index is 5.52. The summed E-state index contributed by atoms with van der Waals surface area (Å²) in [5.74, 6) is 0.847. The quantitative estimate of drug-likeness (QED) is 0.704. The van der Waals surface area contributed by atoms with Gasteiger partial charge in [-0.2, -0.15) is 0 Å². The molecule has 2 aliphatic heterocycles. The standard InChI is InChI=1S/C24H34N2O.ClH/c1-2-4-23(22(3-1)21-5-9-24(10-6-21)11-12-24)26-15-13-25(14-16-26)19-20-7-17-27-18-8-20;/h1-5,20H,6-19H2;1H. The molecular weight excluding hydrogens is 368 g/mol. The Balaban J connectivity index is 0.00000192. The smallest absolute Gasteiger partial charge is 0.0469 e. The normalized spacial score (nSPS) is 25.3. The Hall–Kier alpha value is -1.03. The van der Waals surface area contributed by atoms with Gasteiger partial charge < -0.3 is 9.64 Å². The van der Waals surface area contributed by atoms with Crippen LogP contribution in [0.25, 0.3) is 5.57 Å². The molecule has 4 heteroatoms. The molecule has 0 aromatic heterocycles. The molecule has 4 aliphatic rings. The molecule has 2 heterocycles. The first-order valence-corrected chi connectivity index (χ1v) is 11.1. The number of piperazine rings is 1. The Labute approximate surface area is 176 Å². The van der Waals surface area contributed by atoms with Crippen molar-refractivity contribution in [2.45, 2.75) is 44.9 Å². The highest BCUT2D eigenvalue weighted by molar-refractivity contribution is 5.85. The van der Waals surface area contributed by atoms with Crippen LogP contribution in [0.5, 0.6) is 0 Å². The zero-order chi connectivity index (χ0) is 18.1. The minimum absolute atomic E-state index is 0. The van der Waals surface area contributed by atoms with Crippen molar-refractivity contribution in [2.75, 3.05) is 50.8 Å². The van der Waals surface area contributed by atoms with Crippen molar-refractivity contribution in [3.63, 3.8) is 0 Å². The number of rotatable bonds is 4. The predicted molar refractivity (Wildman–Crippen MR) is 119 cm³/mol. The van der Waals surface area contributed by atoms with E-state index in [1.54, 1.807) is 5.57 Å². The van der Waals surface area contributed by atoms with Crippen LogP contribution in [0.15, 0.2) is 30.3 Å². The Bertz CT molecular complexity index is 686. The maximum Gasteiger partial charge on any atom is 0.0469 e. The lowest BCUT2D eigenvalue weighted by Crippen LogP contribution is -2.48. The van der Waals surface area contributed by atoms with Crippen LogP contribution in [0.2, 0.25) is 0 Å². The summed E-state index contributed by atoms with van der Waals surface area (Å²) in [7, 11) is 0. The fourth-order valence-corrected chi connectivity index (χ4v) is 5.31. The maximum absolute atomic E-state index is 5.52. The van der Waals surface area contributed by atoms with E-state index in [2.05, 4.69) is 40.1 Å². The minimum atomic E-state index is 0. The Kier molecular flexibility index (Phi) is 6.34. The van der Waals surface area contributed by atoms with Crippen LogP contribution in [0, 0.1) is 11.3 Å². The number of hydrogen-bond acceptors (Lipinski definition) is 3. The molecular formula is C24H35ClN2O. The summed E-state index contributed by atoms with van der Waals surface area (Å²) in [6.45, 7) is 7.94. The summed E-state index contributed by atoms with van der Waals surface area (Å²) < 4.78 is 5.52. The van der Waals surface area contributed by atoms with Crippen LogP contribution in [-0.4, -0.2) is 50.8 Å². The second-order valence-corrected chi connectivity index (χ2v) is 9.29. The highest BCUT2D eigenvalue weighted by atomic mass is 35.5. The second-order valence-electron chi connectivity index (χ2n) is 9.29. The molecule has 3 fully saturated rings. The number of para-hydroxylation sites is 1. The highest BCUT2D eigenvalue weighted by Gasteiger charge is 2.42. The van der Waals surface area contributed by atoms with Crippen molar-refractivity contribution >= 4 is 23.7 Å². The number of hydrogen-bond donors (Lipinski definition) is 0. The summed E-state index contributed by atoms with van der Waals surface area (Å²) in [5.41, 5.74) is 5.30. The van der Waals surface area contributed by atoms with E-state index >= 15 is 0 Å². The van der Waals surface area contributed by atoms with E-state index in [-0.39, 0.29) is 12.4 Å². The molecule has 0 N–H and O–H groups in total. The summed E-state index contributed by atoms with van der Waals surface area (Å²) in [6.07, 6.45) is 12.0. The third-order valence-electron chi connectivity index (χ3n) is 7.48. The number of halogens is 1. The van der Waals surface area contributed by atoms with Gasteiger partial charge in [-0.1, -0.05) is 24.3 Å². The lowest BCUT2D eigenvalue weighted by molar-refractivity contribution is 0.0517. The SMILES string of the molecule is C1=C(c2ccccc2N2CCN(CC3CCOCC3)CC2)CCC2(C1)CC2.Cl. The minimum Gasteiger partial charge on any atom is -0.381 e. The molecule has 1 aromatic rings. The molecule has 0 radical (unpaired) electrons.